The molecule has 0 saturated carbocycles. The van der Waals surface area contributed by atoms with Crippen molar-refractivity contribution in [3.63, 3.8) is 0 Å². The number of esters is 1. The number of alkyl halides is 3. The highest BCUT2D eigenvalue weighted by Gasteiger charge is 2.39. The quantitative estimate of drug-likeness (QED) is 0.699. The fraction of sp³-hybridized carbons (Fsp3) is 0.909. The molecular weight excluding hydrogens is 299 g/mol. The second-order valence-corrected chi connectivity index (χ2v) is 6.60. The van der Waals surface area contributed by atoms with Crippen LogP contribution in [0.4, 0.5) is 13.2 Å². The average Bonchev–Trinajstić information content (AvgIpc) is 2.76. The molecular formula is C11H18F3NO4S. The molecule has 0 N–H and O–H groups in total. The number of carbonyl (C=O) groups is 1. The molecule has 20 heavy (non-hydrogen) atoms. The normalized spacial score (nSPS) is 21.1. The molecule has 0 radical (unpaired) electrons. The molecule has 1 aliphatic heterocycles. The number of nitrogens with zero attached hydrogens (tertiary/aromatic N) is 1. The zero-order valence-corrected chi connectivity index (χ0v) is 12.0. The summed E-state index contributed by atoms with van der Waals surface area (Å²) in [7, 11) is -3.86. The third-order valence-electron chi connectivity index (χ3n) is 2.98. The Balaban J connectivity index is 2.63. The van der Waals surface area contributed by atoms with E-state index < -0.39 is 46.8 Å². The SMILES string of the molecule is CCOC(=O)C1CCCN1S(=O)(=O)CCCC(F)(F)F. The standard InChI is InChI=1S/C11H18F3NO4S/c1-2-19-10(16)9-5-3-7-15(9)20(17,18)8-4-6-11(12,13)14/h9H,2-8H2,1H3. The number of halogens is 3. The van der Waals surface area contributed by atoms with Crippen LogP contribution < -0.4 is 0 Å². The summed E-state index contributed by atoms with van der Waals surface area (Å²) in [5.41, 5.74) is 0. The van der Waals surface area contributed by atoms with Gasteiger partial charge in [0.25, 0.3) is 0 Å². The molecule has 0 amide bonds. The highest BCUT2D eigenvalue weighted by molar-refractivity contribution is 7.89. The van der Waals surface area contributed by atoms with Gasteiger partial charge in [-0.25, -0.2) is 8.42 Å². The number of hydrogen-bond acceptors (Lipinski definition) is 4. The third kappa shape index (κ3) is 4.93. The van der Waals surface area contributed by atoms with Gasteiger partial charge < -0.3 is 4.74 Å². The maximum atomic E-state index is 12.0. The van der Waals surface area contributed by atoms with Gasteiger partial charge in [0.15, 0.2) is 0 Å². The topological polar surface area (TPSA) is 63.7 Å². The summed E-state index contributed by atoms with van der Waals surface area (Å²) in [6.07, 6.45) is -5.18. The summed E-state index contributed by atoms with van der Waals surface area (Å²) < 4.78 is 65.8. The van der Waals surface area contributed by atoms with Gasteiger partial charge in [0.1, 0.15) is 6.04 Å². The van der Waals surface area contributed by atoms with Crippen molar-refractivity contribution >= 4 is 16.0 Å². The molecule has 0 aromatic rings. The summed E-state index contributed by atoms with van der Waals surface area (Å²) in [5, 5.41) is 0. The molecule has 1 fully saturated rings. The second-order valence-electron chi connectivity index (χ2n) is 4.56. The van der Waals surface area contributed by atoms with Crippen LogP contribution in [0.2, 0.25) is 0 Å². The van der Waals surface area contributed by atoms with Gasteiger partial charge in [0.2, 0.25) is 10.0 Å². The van der Waals surface area contributed by atoms with Crippen LogP contribution in [0.5, 0.6) is 0 Å². The van der Waals surface area contributed by atoms with E-state index in [2.05, 4.69) is 0 Å². The van der Waals surface area contributed by atoms with E-state index in [0.717, 1.165) is 4.31 Å². The fourth-order valence-electron chi connectivity index (χ4n) is 2.12. The zero-order chi connectivity index (χ0) is 15.4. The molecule has 1 heterocycles. The average molecular weight is 317 g/mol. The van der Waals surface area contributed by atoms with Crippen LogP contribution in [0.1, 0.15) is 32.6 Å². The van der Waals surface area contributed by atoms with Crippen LogP contribution in [-0.4, -0.2) is 49.8 Å². The molecule has 0 aromatic heterocycles. The first kappa shape index (κ1) is 17.2. The Labute approximate surface area is 116 Å². The predicted molar refractivity (Wildman–Crippen MR) is 65.4 cm³/mol. The lowest BCUT2D eigenvalue weighted by Gasteiger charge is -2.22. The van der Waals surface area contributed by atoms with Crippen LogP contribution >= 0.6 is 0 Å². The van der Waals surface area contributed by atoms with E-state index in [1.54, 1.807) is 6.92 Å². The number of ether oxygens (including phenoxy) is 1. The van der Waals surface area contributed by atoms with Crippen molar-refractivity contribution in [3.05, 3.63) is 0 Å². The van der Waals surface area contributed by atoms with Crippen molar-refractivity contribution < 1.29 is 31.1 Å². The summed E-state index contributed by atoms with van der Waals surface area (Å²) in [4.78, 5) is 11.6. The van der Waals surface area contributed by atoms with Gasteiger partial charge in [-0.15, -0.1) is 0 Å². The largest absolute Gasteiger partial charge is 0.465 e. The summed E-state index contributed by atoms with van der Waals surface area (Å²) in [6.45, 7) is 1.89. The third-order valence-corrected chi connectivity index (χ3v) is 4.94. The Morgan fingerprint density at radius 3 is 2.60 bits per heavy atom. The Kier molecular flexibility index (Phi) is 5.81. The Hall–Kier alpha value is -0.830. The molecule has 1 unspecified atom stereocenters. The summed E-state index contributed by atoms with van der Waals surface area (Å²) >= 11 is 0. The van der Waals surface area contributed by atoms with Gasteiger partial charge >= 0.3 is 12.1 Å². The smallest absolute Gasteiger partial charge is 0.389 e. The Morgan fingerprint density at radius 2 is 2.05 bits per heavy atom. The zero-order valence-electron chi connectivity index (χ0n) is 11.1. The molecule has 0 aromatic carbocycles. The fourth-order valence-corrected chi connectivity index (χ4v) is 3.85. The monoisotopic (exact) mass is 317 g/mol. The van der Waals surface area contributed by atoms with Gasteiger partial charge in [0, 0.05) is 13.0 Å². The van der Waals surface area contributed by atoms with Gasteiger partial charge in [0.05, 0.1) is 12.4 Å². The van der Waals surface area contributed by atoms with E-state index in [0.29, 0.717) is 12.8 Å². The van der Waals surface area contributed by atoms with E-state index in [1.165, 1.54) is 0 Å². The predicted octanol–water partition coefficient (Wildman–Crippen LogP) is 1.69. The van der Waals surface area contributed by atoms with Crippen LogP contribution in [0.3, 0.4) is 0 Å². The van der Waals surface area contributed by atoms with Crippen molar-refractivity contribution in [2.24, 2.45) is 0 Å². The lowest BCUT2D eigenvalue weighted by Crippen LogP contribution is -2.42. The van der Waals surface area contributed by atoms with Crippen molar-refractivity contribution in [1.82, 2.24) is 4.31 Å². The van der Waals surface area contributed by atoms with E-state index >= 15 is 0 Å². The molecule has 1 rings (SSSR count). The van der Waals surface area contributed by atoms with Crippen LogP contribution in [0.25, 0.3) is 0 Å². The number of rotatable bonds is 6. The van der Waals surface area contributed by atoms with E-state index in [1.807, 2.05) is 0 Å². The molecule has 1 atom stereocenters. The minimum atomic E-state index is -4.37. The van der Waals surface area contributed by atoms with Crippen molar-refractivity contribution in [2.75, 3.05) is 18.9 Å². The summed E-state index contributed by atoms with van der Waals surface area (Å²) in [6, 6.07) is -0.897. The molecule has 0 bridgehead atoms. The van der Waals surface area contributed by atoms with E-state index in [4.69, 9.17) is 4.74 Å². The molecule has 1 aliphatic rings. The van der Waals surface area contributed by atoms with Crippen molar-refractivity contribution in [3.8, 4) is 0 Å². The van der Waals surface area contributed by atoms with E-state index in [9.17, 15) is 26.4 Å². The van der Waals surface area contributed by atoms with Crippen molar-refractivity contribution in [2.45, 2.75) is 44.8 Å². The highest BCUT2D eigenvalue weighted by Crippen LogP contribution is 2.25. The van der Waals surface area contributed by atoms with Gasteiger partial charge in [-0.1, -0.05) is 0 Å². The van der Waals surface area contributed by atoms with Gasteiger partial charge in [-0.2, -0.15) is 17.5 Å². The lowest BCUT2D eigenvalue weighted by atomic mass is 10.2. The van der Waals surface area contributed by atoms with E-state index in [-0.39, 0.29) is 13.2 Å². The minimum absolute atomic E-state index is 0.136. The van der Waals surface area contributed by atoms with Crippen LogP contribution in [0.15, 0.2) is 0 Å². The first-order chi connectivity index (χ1) is 9.17. The molecule has 118 valence electrons. The number of sulfonamides is 1. The van der Waals surface area contributed by atoms with Gasteiger partial charge in [-0.05, 0) is 26.2 Å². The van der Waals surface area contributed by atoms with Crippen LogP contribution in [0, 0.1) is 0 Å². The number of hydrogen-bond donors (Lipinski definition) is 0. The molecule has 5 nitrogen and oxygen atoms in total. The lowest BCUT2D eigenvalue weighted by molar-refractivity contribution is -0.147. The maximum absolute atomic E-state index is 12.0. The highest BCUT2D eigenvalue weighted by atomic mass is 32.2. The van der Waals surface area contributed by atoms with Crippen LogP contribution in [-0.2, 0) is 19.6 Å². The first-order valence-corrected chi connectivity index (χ1v) is 8.01. The molecule has 1 saturated heterocycles. The van der Waals surface area contributed by atoms with Gasteiger partial charge in [-0.3, -0.25) is 4.79 Å². The minimum Gasteiger partial charge on any atom is -0.465 e. The second kappa shape index (κ2) is 6.75. The Morgan fingerprint density at radius 1 is 1.40 bits per heavy atom. The molecule has 0 spiro atoms. The Bertz CT molecular complexity index is 435. The number of carbonyl (C=O) groups excluding carboxylic acids is 1. The first-order valence-electron chi connectivity index (χ1n) is 6.40. The maximum Gasteiger partial charge on any atom is 0.389 e. The van der Waals surface area contributed by atoms with Crippen molar-refractivity contribution in [1.29, 1.82) is 0 Å². The summed E-state index contributed by atoms with van der Waals surface area (Å²) in [5.74, 6) is -1.24. The molecule has 0 aliphatic carbocycles. The molecule has 9 heteroatoms.